The lowest BCUT2D eigenvalue weighted by Crippen LogP contribution is -2.39. The lowest BCUT2D eigenvalue weighted by atomic mass is 10.1. The summed E-state index contributed by atoms with van der Waals surface area (Å²) in [5.41, 5.74) is 6.85. The number of amides is 2. The number of carbonyl (C=O) groups is 3. The standard InChI is InChI=1S/C20H30N4O5/c1-20(2,3)29-19(27)24-9-5-8-23(10-11-24)14-6-7-16(21)15(12-14)18(26)22-13-17(25)28-4/h6-7,12H,5,8-11,13,21H2,1-4H3,(H,22,26). The van der Waals surface area contributed by atoms with Gasteiger partial charge in [0.25, 0.3) is 5.91 Å². The molecule has 1 aliphatic heterocycles. The molecule has 1 fully saturated rings. The van der Waals surface area contributed by atoms with Crippen molar-refractivity contribution in [3.63, 3.8) is 0 Å². The Balaban J connectivity index is 2.06. The molecule has 0 aliphatic carbocycles. The molecule has 1 aliphatic rings. The molecule has 1 heterocycles. The fourth-order valence-electron chi connectivity index (χ4n) is 2.94. The molecule has 2 amide bonds. The van der Waals surface area contributed by atoms with E-state index < -0.39 is 17.5 Å². The van der Waals surface area contributed by atoms with Crippen LogP contribution < -0.4 is 16.0 Å². The molecular formula is C20H30N4O5. The predicted octanol–water partition coefficient (Wildman–Crippen LogP) is 1.62. The van der Waals surface area contributed by atoms with Crippen molar-refractivity contribution in [1.82, 2.24) is 10.2 Å². The Morgan fingerprint density at radius 2 is 1.86 bits per heavy atom. The van der Waals surface area contributed by atoms with E-state index in [4.69, 9.17) is 10.5 Å². The topological polar surface area (TPSA) is 114 Å². The third kappa shape index (κ3) is 6.55. The summed E-state index contributed by atoms with van der Waals surface area (Å²) >= 11 is 0. The zero-order chi connectivity index (χ0) is 21.6. The maximum Gasteiger partial charge on any atom is 0.410 e. The molecule has 1 saturated heterocycles. The Labute approximate surface area is 171 Å². The molecule has 9 heteroatoms. The number of anilines is 2. The molecule has 3 N–H and O–H groups in total. The molecule has 0 atom stereocenters. The van der Waals surface area contributed by atoms with Crippen molar-refractivity contribution in [3.8, 4) is 0 Å². The smallest absolute Gasteiger partial charge is 0.410 e. The van der Waals surface area contributed by atoms with Gasteiger partial charge in [-0.25, -0.2) is 4.79 Å². The second-order valence-electron chi connectivity index (χ2n) is 7.84. The lowest BCUT2D eigenvalue weighted by molar-refractivity contribution is -0.139. The highest BCUT2D eigenvalue weighted by Crippen LogP contribution is 2.23. The first-order valence-electron chi connectivity index (χ1n) is 9.58. The Kier molecular flexibility index (Phi) is 7.30. The van der Waals surface area contributed by atoms with Crippen LogP contribution in [0.1, 0.15) is 37.6 Å². The monoisotopic (exact) mass is 406 g/mol. The zero-order valence-corrected chi connectivity index (χ0v) is 17.5. The van der Waals surface area contributed by atoms with Crippen molar-refractivity contribution in [2.45, 2.75) is 32.8 Å². The SMILES string of the molecule is COC(=O)CNC(=O)c1cc(N2CCCN(C(=O)OC(C)(C)C)CC2)ccc1N. The van der Waals surface area contributed by atoms with Gasteiger partial charge in [0, 0.05) is 37.6 Å². The van der Waals surface area contributed by atoms with Crippen LogP contribution in [0, 0.1) is 0 Å². The van der Waals surface area contributed by atoms with Crippen molar-refractivity contribution < 1.29 is 23.9 Å². The van der Waals surface area contributed by atoms with Gasteiger partial charge in [-0.05, 0) is 45.4 Å². The fraction of sp³-hybridized carbons (Fsp3) is 0.550. The van der Waals surface area contributed by atoms with Gasteiger partial charge in [0.2, 0.25) is 0 Å². The van der Waals surface area contributed by atoms with Crippen LogP contribution in [-0.4, -0.2) is 68.3 Å². The van der Waals surface area contributed by atoms with Crippen LogP contribution in [0.25, 0.3) is 0 Å². The van der Waals surface area contributed by atoms with E-state index in [9.17, 15) is 14.4 Å². The first kappa shape index (κ1) is 22.3. The minimum atomic E-state index is -0.539. The number of benzene rings is 1. The van der Waals surface area contributed by atoms with Crippen LogP contribution >= 0.6 is 0 Å². The Morgan fingerprint density at radius 3 is 2.52 bits per heavy atom. The third-order valence-electron chi connectivity index (χ3n) is 4.42. The van der Waals surface area contributed by atoms with E-state index in [0.29, 0.717) is 30.9 Å². The molecule has 160 valence electrons. The van der Waals surface area contributed by atoms with Gasteiger partial charge in [-0.2, -0.15) is 0 Å². The molecule has 0 bridgehead atoms. The summed E-state index contributed by atoms with van der Waals surface area (Å²) in [4.78, 5) is 39.7. The van der Waals surface area contributed by atoms with Crippen molar-refractivity contribution in [1.29, 1.82) is 0 Å². The summed E-state index contributed by atoms with van der Waals surface area (Å²) in [6.45, 7) is 7.75. The number of hydrogen-bond donors (Lipinski definition) is 2. The second-order valence-corrected chi connectivity index (χ2v) is 7.84. The van der Waals surface area contributed by atoms with Gasteiger partial charge < -0.3 is 30.3 Å². The van der Waals surface area contributed by atoms with Crippen molar-refractivity contribution >= 4 is 29.3 Å². The average Bonchev–Trinajstić information content (AvgIpc) is 2.91. The first-order valence-corrected chi connectivity index (χ1v) is 9.58. The van der Waals surface area contributed by atoms with E-state index in [1.807, 2.05) is 26.8 Å². The summed E-state index contributed by atoms with van der Waals surface area (Å²) in [5.74, 6) is -0.984. The van der Waals surface area contributed by atoms with Crippen molar-refractivity contribution in [2.75, 3.05) is 50.5 Å². The highest BCUT2D eigenvalue weighted by molar-refractivity contribution is 6.01. The maximum absolute atomic E-state index is 12.4. The molecule has 2 rings (SSSR count). The molecule has 0 unspecified atom stereocenters. The molecule has 1 aromatic carbocycles. The van der Waals surface area contributed by atoms with Crippen LogP contribution in [0.4, 0.5) is 16.2 Å². The third-order valence-corrected chi connectivity index (χ3v) is 4.42. The van der Waals surface area contributed by atoms with E-state index in [1.54, 1.807) is 17.0 Å². The molecule has 0 radical (unpaired) electrons. The summed E-state index contributed by atoms with van der Waals surface area (Å²) in [7, 11) is 1.25. The molecule has 0 saturated carbocycles. The summed E-state index contributed by atoms with van der Waals surface area (Å²) in [6, 6.07) is 5.21. The first-order chi connectivity index (χ1) is 13.6. The van der Waals surface area contributed by atoms with E-state index >= 15 is 0 Å². The van der Waals surface area contributed by atoms with Crippen LogP contribution in [-0.2, 0) is 14.3 Å². The number of methoxy groups -OCH3 is 1. The number of nitrogen functional groups attached to an aromatic ring is 1. The Bertz CT molecular complexity index is 760. The average molecular weight is 406 g/mol. The van der Waals surface area contributed by atoms with E-state index in [0.717, 1.165) is 18.7 Å². The predicted molar refractivity (Wildman–Crippen MR) is 110 cm³/mol. The second kappa shape index (κ2) is 9.49. The number of esters is 1. The summed E-state index contributed by atoms with van der Waals surface area (Å²) in [6.07, 6.45) is 0.451. The highest BCUT2D eigenvalue weighted by Gasteiger charge is 2.25. The number of nitrogens with two attached hydrogens (primary N) is 1. The van der Waals surface area contributed by atoms with Gasteiger partial charge in [-0.15, -0.1) is 0 Å². The zero-order valence-electron chi connectivity index (χ0n) is 17.5. The molecule has 9 nitrogen and oxygen atoms in total. The van der Waals surface area contributed by atoms with E-state index in [1.165, 1.54) is 7.11 Å². The normalized spacial score (nSPS) is 14.8. The summed E-state index contributed by atoms with van der Waals surface area (Å²) in [5, 5.41) is 2.50. The van der Waals surface area contributed by atoms with Gasteiger partial charge in [0.15, 0.2) is 0 Å². The number of carbonyl (C=O) groups excluding carboxylic acids is 3. The number of nitrogens with zero attached hydrogens (tertiary/aromatic N) is 2. The number of rotatable bonds is 4. The summed E-state index contributed by atoms with van der Waals surface area (Å²) < 4.78 is 9.98. The number of nitrogens with one attached hydrogen (secondary N) is 1. The minimum absolute atomic E-state index is 0.229. The Hall–Kier alpha value is -2.97. The highest BCUT2D eigenvalue weighted by atomic mass is 16.6. The maximum atomic E-state index is 12.4. The van der Waals surface area contributed by atoms with Crippen LogP contribution in [0.2, 0.25) is 0 Å². The van der Waals surface area contributed by atoms with Gasteiger partial charge in [-0.1, -0.05) is 0 Å². The fourth-order valence-corrected chi connectivity index (χ4v) is 2.94. The largest absolute Gasteiger partial charge is 0.468 e. The molecule has 0 aromatic heterocycles. The van der Waals surface area contributed by atoms with Gasteiger partial charge in [-0.3, -0.25) is 9.59 Å². The van der Waals surface area contributed by atoms with Gasteiger partial charge >= 0.3 is 12.1 Å². The lowest BCUT2D eigenvalue weighted by Gasteiger charge is -2.27. The molecule has 0 spiro atoms. The molecular weight excluding hydrogens is 376 g/mol. The Morgan fingerprint density at radius 1 is 1.14 bits per heavy atom. The van der Waals surface area contributed by atoms with E-state index in [2.05, 4.69) is 15.0 Å². The van der Waals surface area contributed by atoms with E-state index in [-0.39, 0.29) is 12.6 Å². The van der Waals surface area contributed by atoms with Crippen molar-refractivity contribution in [2.24, 2.45) is 0 Å². The number of ether oxygens (including phenoxy) is 2. The quantitative estimate of drug-likeness (QED) is 0.577. The van der Waals surface area contributed by atoms with Crippen LogP contribution in [0.5, 0.6) is 0 Å². The minimum Gasteiger partial charge on any atom is -0.468 e. The van der Waals surface area contributed by atoms with Crippen LogP contribution in [0.15, 0.2) is 18.2 Å². The number of hydrogen-bond acceptors (Lipinski definition) is 7. The molecule has 1 aromatic rings. The van der Waals surface area contributed by atoms with Crippen LogP contribution in [0.3, 0.4) is 0 Å². The van der Waals surface area contributed by atoms with Crippen molar-refractivity contribution in [3.05, 3.63) is 23.8 Å². The van der Waals surface area contributed by atoms with Gasteiger partial charge in [0.05, 0.1) is 12.7 Å². The molecule has 29 heavy (non-hydrogen) atoms. The van der Waals surface area contributed by atoms with Gasteiger partial charge in [0.1, 0.15) is 12.1 Å².